The number of allylic oxidation sites excluding steroid dienone is 1. The lowest BCUT2D eigenvalue weighted by Crippen LogP contribution is -2.46. The van der Waals surface area contributed by atoms with E-state index in [0.29, 0.717) is 11.3 Å². The lowest BCUT2D eigenvalue weighted by Gasteiger charge is -2.30. The zero-order valence-corrected chi connectivity index (χ0v) is 18.2. The van der Waals surface area contributed by atoms with Gasteiger partial charge in [0.25, 0.3) is 0 Å². The largest absolute Gasteiger partial charge is 0.292 e. The van der Waals surface area contributed by atoms with Crippen LogP contribution in [0, 0.1) is 11.8 Å². The topological polar surface area (TPSA) is 70.0 Å². The third kappa shape index (κ3) is 3.03. The van der Waals surface area contributed by atoms with Gasteiger partial charge >= 0.3 is 0 Å². The Balaban J connectivity index is 1.37. The molecule has 0 aliphatic carbocycles. The SMILES string of the molecule is O=C(c1ccc(-c2ccccc2)cc1)[C@@H]1[C@H]2C(=O)N(c3ccccc3)C(=O)[C@@H]2[C@H]2C=CC=NN21. The number of carbonyl (C=O) groups is 3. The van der Waals surface area contributed by atoms with E-state index in [0.717, 1.165) is 11.1 Å². The molecule has 3 aromatic rings. The fraction of sp³-hybridized carbons (Fsp3) is 0.143. The van der Waals surface area contributed by atoms with Gasteiger partial charge < -0.3 is 0 Å². The van der Waals surface area contributed by atoms with Gasteiger partial charge in [0.15, 0.2) is 5.78 Å². The first-order chi connectivity index (χ1) is 16.6. The molecule has 2 saturated heterocycles. The number of carbonyl (C=O) groups excluding carboxylic acids is 3. The van der Waals surface area contributed by atoms with Crippen molar-refractivity contribution in [1.29, 1.82) is 0 Å². The second-order valence-corrected chi connectivity index (χ2v) is 8.67. The third-order valence-electron chi connectivity index (χ3n) is 6.85. The van der Waals surface area contributed by atoms with Crippen LogP contribution in [0.25, 0.3) is 11.1 Å². The molecule has 2 amide bonds. The van der Waals surface area contributed by atoms with Crippen molar-refractivity contribution in [3.8, 4) is 11.1 Å². The number of fused-ring (bicyclic) bond motifs is 3. The molecule has 0 spiro atoms. The maximum absolute atomic E-state index is 13.8. The Bertz CT molecular complexity index is 1330. The van der Waals surface area contributed by atoms with Gasteiger partial charge in [-0.15, -0.1) is 0 Å². The zero-order valence-electron chi connectivity index (χ0n) is 18.2. The molecule has 3 aliphatic rings. The van der Waals surface area contributed by atoms with Crippen molar-refractivity contribution in [1.82, 2.24) is 5.01 Å². The van der Waals surface area contributed by atoms with Crippen LogP contribution >= 0.6 is 0 Å². The molecule has 0 unspecified atom stereocenters. The van der Waals surface area contributed by atoms with Crippen LogP contribution in [0.1, 0.15) is 10.4 Å². The van der Waals surface area contributed by atoms with E-state index in [2.05, 4.69) is 5.10 Å². The molecule has 166 valence electrons. The molecule has 6 rings (SSSR count). The standard InChI is InChI=1S/C28H21N3O3/c32-26(20-15-13-19(14-16-20)18-8-3-1-4-9-18)25-24-23(22-12-7-17-29-31(22)25)27(33)30(28(24)34)21-10-5-2-6-11-21/h1-17,22-25H/t22-,23-,24+,25+/m1/s1. The van der Waals surface area contributed by atoms with Gasteiger partial charge in [-0.25, -0.2) is 4.90 Å². The quantitative estimate of drug-likeness (QED) is 0.449. The first-order valence-electron chi connectivity index (χ1n) is 11.3. The van der Waals surface area contributed by atoms with Gasteiger partial charge in [0.1, 0.15) is 6.04 Å². The number of nitrogens with zero attached hydrogens (tertiary/aromatic N) is 3. The Morgan fingerprint density at radius 3 is 2.06 bits per heavy atom. The van der Waals surface area contributed by atoms with E-state index in [4.69, 9.17) is 0 Å². The summed E-state index contributed by atoms with van der Waals surface area (Å²) >= 11 is 0. The number of anilines is 1. The number of hydrazone groups is 1. The predicted molar refractivity (Wildman–Crippen MR) is 129 cm³/mol. The Morgan fingerprint density at radius 2 is 1.35 bits per heavy atom. The highest BCUT2D eigenvalue weighted by atomic mass is 16.2. The van der Waals surface area contributed by atoms with E-state index in [1.165, 1.54) is 4.90 Å². The number of hydrogen-bond donors (Lipinski definition) is 0. The minimum Gasteiger partial charge on any atom is -0.292 e. The normalized spacial score (nSPS) is 24.9. The summed E-state index contributed by atoms with van der Waals surface area (Å²) in [5.41, 5.74) is 3.08. The van der Waals surface area contributed by atoms with Crippen molar-refractivity contribution in [2.24, 2.45) is 16.9 Å². The summed E-state index contributed by atoms with van der Waals surface area (Å²) in [4.78, 5) is 42.0. The van der Waals surface area contributed by atoms with Crippen LogP contribution in [0.15, 0.2) is 102 Å². The molecule has 0 N–H and O–H groups in total. The third-order valence-corrected chi connectivity index (χ3v) is 6.85. The van der Waals surface area contributed by atoms with Gasteiger partial charge in [0, 0.05) is 11.8 Å². The van der Waals surface area contributed by atoms with Crippen LogP contribution in [0.4, 0.5) is 5.69 Å². The fourth-order valence-electron chi connectivity index (χ4n) is 5.30. The Hall–Kier alpha value is -4.32. The maximum atomic E-state index is 13.8. The molecule has 3 aromatic carbocycles. The smallest absolute Gasteiger partial charge is 0.240 e. The van der Waals surface area contributed by atoms with Crippen molar-refractivity contribution in [3.05, 3.63) is 103 Å². The van der Waals surface area contributed by atoms with Gasteiger partial charge in [0.2, 0.25) is 11.8 Å². The zero-order chi connectivity index (χ0) is 23.2. The van der Waals surface area contributed by atoms with Gasteiger partial charge in [-0.1, -0.05) is 78.9 Å². The predicted octanol–water partition coefficient (Wildman–Crippen LogP) is 3.95. The van der Waals surface area contributed by atoms with Crippen molar-refractivity contribution >= 4 is 29.5 Å². The van der Waals surface area contributed by atoms with Crippen molar-refractivity contribution in [3.63, 3.8) is 0 Å². The molecule has 3 heterocycles. The van der Waals surface area contributed by atoms with Crippen LogP contribution in [-0.2, 0) is 9.59 Å². The highest BCUT2D eigenvalue weighted by molar-refractivity contribution is 6.24. The second kappa shape index (κ2) is 7.92. The van der Waals surface area contributed by atoms with Crippen LogP contribution in [-0.4, -0.2) is 40.9 Å². The van der Waals surface area contributed by atoms with Gasteiger partial charge in [-0.3, -0.25) is 19.4 Å². The van der Waals surface area contributed by atoms with Crippen LogP contribution in [0.2, 0.25) is 0 Å². The monoisotopic (exact) mass is 447 g/mol. The summed E-state index contributed by atoms with van der Waals surface area (Å²) in [6.07, 6.45) is 5.22. The first-order valence-corrected chi connectivity index (χ1v) is 11.3. The van der Waals surface area contributed by atoms with Crippen LogP contribution in [0.5, 0.6) is 0 Å². The average molecular weight is 447 g/mol. The lowest BCUT2D eigenvalue weighted by atomic mass is 9.86. The van der Waals surface area contributed by atoms with E-state index >= 15 is 0 Å². The number of Topliss-reactive ketones (excluding diaryl/α,β-unsaturated/α-hetero) is 1. The molecule has 4 atom stereocenters. The molecule has 0 bridgehead atoms. The number of imide groups is 1. The summed E-state index contributed by atoms with van der Waals surface area (Å²) in [5, 5.41) is 6.05. The van der Waals surface area contributed by atoms with E-state index < -0.39 is 23.9 Å². The van der Waals surface area contributed by atoms with E-state index in [1.807, 2.05) is 54.6 Å². The number of amides is 2. The molecule has 6 nitrogen and oxygen atoms in total. The van der Waals surface area contributed by atoms with Crippen molar-refractivity contribution in [2.75, 3.05) is 4.90 Å². The molecule has 0 radical (unpaired) electrons. The highest BCUT2D eigenvalue weighted by Crippen LogP contribution is 2.46. The number of ketones is 1. The molecular formula is C28H21N3O3. The highest BCUT2D eigenvalue weighted by Gasteiger charge is 2.64. The summed E-state index contributed by atoms with van der Waals surface area (Å²) < 4.78 is 0. The van der Waals surface area contributed by atoms with Crippen LogP contribution < -0.4 is 4.90 Å². The first kappa shape index (κ1) is 20.3. The Kier molecular flexibility index (Phi) is 4.73. The van der Waals surface area contributed by atoms with E-state index in [-0.39, 0.29) is 17.6 Å². The minimum absolute atomic E-state index is 0.208. The minimum atomic E-state index is -0.844. The van der Waals surface area contributed by atoms with Gasteiger partial charge in [0.05, 0.1) is 23.6 Å². The number of rotatable bonds is 4. The van der Waals surface area contributed by atoms with Crippen molar-refractivity contribution < 1.29 is 14.4 Å². The molecule has 34 heavy (non-hydrogen) atoms. The summed E-state index contributed by atoms with van der Waals surface area (Å²) in [5.74, 6) is -2.29. The number of para-hydroxylation sites is 1. The Labute approximate surface area is 196 Å². The van der Waals surface area contributed by atoms with Crippen molar-refractivity contribution in [2.45, 2.75) is 12.1 Å². The summed E-state index contributed by atoms with van der Waals surface area (Å²) in [7, 11) is 0. The Morgan fingerprint density at radius 1 is 0.735 bits per heavy atom. The fourth-order valence-corrected chi connectivity index (χ4v) is 5.30. The second-order valence-electron chi connectivity index (χ2n) is 8.67. The molecule has 2 fully saturated rings. The molecule has 6 heteroatoms. The lowest BCUT2D eigenvalue weighted by molar-refractivity contribution is -0.123. The summed E-state index contributed by atoms with van der Waals surface area (Å²) in [6, 6.07) is 24.9. The molecule has 0 aromatic heterocycles. The van der Waals surface area contributed by atoms with E-state index in [9.17, 15) is 14.4 Å². The number of benzene rings is 3. The number of hydrogen-bond acceptors (Lipinski definition) is 5. The maximum Gasteiger partial charge on any atom is 0.240 e. The molecular weight excluding hydrogens is 426 g/mol. The van der Waals surface area contributed by atoms with Gasteiger partial charge in [-0.05, 0) is 29.3 Å². The molecule has 3 aliphatic heterocycles. The van der Waals surface area contributed by atoms with Crippen LogP contribution in [0.3, 0.4) is 0 Å². The van der Waals surface area contributed by atoms with Gasteiger partial charge in [-0.2, -0.15) is 5.10 Å². The average Bonchev–Trinajstić information content (AvgIpc) is 3.37. The molecule has 0 saturated carbocycles. The summed E-state index contributed by atoms with van der Waals surface area (Å²) in [6.45, 7) is 0. The van der Waals surface area contributed by atoms with E-state index in [1.54, 1.807) is 53.7 Å².